The summed E-state index contributed by atoms with van der Waals surface area (Å²) in [6, 6.07) is 1.74. The summed E-state index contributed by atoms with van der Waals surface area (Å²) in [6.07, 6.45) is 5.89. The lowest BCUT2D eigenvalue weighted by molar-refractivity contribution is 0.0853. The van der Waals surface area contributed by atoms with Gasteiger partial charge in [-0.25, -0.2) is 9.97 Å². The second-order valence-corrected chi connectivity index (χ2v) is 5.38. The van der Waals surface area contributed by atoms with Gasteiger partial charge in [0.1, 0.15) is 17.8 Å². The number of hydrogen-bond donors (Lipinski definition) is 1. The van der Waals surface area contributed by atoms with Crippen LogP contribution in [-0.2, 0) is 4.74 Å². The van der Waals surface area contributed by atoms with E-state index in [1.807, 2.05) is 11.9 Å². The third kappa shape index (κ3) is 4.67. The average Bonchev–Trinajstić information content (AvgIpc) is 3.03. The second kappa shape index (κ2) is 7.93. The minimum absolute atomic E-state index is 0.141. The van der Waals surface area contributed by atoms with Crippen molar-refractivity contribution in [3.05, 3.63) is 18.1 Å². The zero-order valence-electron chi connectivity index (χ0n) is 12.8. The molecule has 1 aromatic heterocycles. The molecule has 116 valence electrons. The Balaban J connectivity index is 1.90. The molecule has 1 saturated heterocycles. The Kier molecular flexibility index (Phi) is 5.92. The van der Waals surface area contributed by atoms with Gasteiger partial charge in [0, 0.05) is 32.8 Å². The number of hydrogen-bond acceptors (Lipinski definition) is 5. The Morgan fingerprint density at radius 2 is 2.38 bits per heavy atom. The summed E-state index contributed by atoms with van der Waals surface area (Å²) in [6.45, 7) is 4.41. The van der Waals surface area contributed by atoms with Crippen LogP contribution in [0.15, 0.2) is 12.4 Å². The number of aromatic nitrogens is 2. The van der Waals surface area contributed by atoms with Crippen molar-refractivity contribution >= 4 is 11.7 Å². The van der Waals surface area contributed by atoms with Crippen LogP contribution in [0.25, 0.3) is 0 Å². The van der Waals surface area contributed by atoms with Crippen molar-refractivity contribution < 1.29 is 9.53 Å². The zero-order valence-corrected chi connectivity index (χ0v) is 12.8. The van der Waals surface area contributed by atoms with Gasteiger partial charge < -0.3 is 15.0 Å². The summed E-state index contributed by atoms with van der Waals surface area (Å²) in [5.74, 6) is 0.610. The maximum Gasteiger partial charge on any atom is 0.270 e. The molecule has 2 heterocycles. The first kappa shape index (κ1) is 15.7. The molecule has 0 bridgehead atoms. The van der Waals surface area contributed by atoms with Crippen molar-refractivity contribution in [2.24, 2.45) is 0 Å². The number of anilines is 1. The number of unbranched alkanes of at least 4 members (excludes halogenated alkanes) is 1. The molecule has 1 aliphatic heterocycles. The zero-order chi connectivity index (χ0) is 15.1. The molecule has 1 aromatic rings. The molecule has 0 spiro atoms. The lowest BCUT2D eigenvalue weighted by Gasteiger charge is -2.18. The maximum atomic E-state index is 12.1. The van der Waals surface area contributed by atoms with Gasteiger partial charge in [-0.15, -0.1) is 0 Å². The molecular formula is C15H24N4O2. The van der Waals surface area contributed by atoms with E-state index >= 15 is 0 Å². The minimum Gasteiger partial charge on any atom is -0.376 e. The van der Waals surface area contributed by atoms with Crippen LogP contribution >= 0.6 is 0 Å². The SMILES string of the molecule is CCCCN(C)c1cc(C(=O)NCC2CCCO2)ncn1. The molecule has 6 heteroatoms. The first-order valence-electron chi connectivity index (χ1n) is 7.63. The third-order valence-corrected chi connectivity index (χ3v) is 3.64. The van der Waals surface area contributed by atoms with Gasteiger partial charge in [0.25, 0.3) is 5.91 Å². The van der Waals surface area contributed by atoms with E-state index in [2.05, 4.69) is 22.2 Å². The first-order chi connectivity index (χ1) is 10.2. The summed E-state index contributed by atoms with van der Waals surface area (Å²) in [5, 5.41) is 2.88. The predicted octanol–water partition coefficient (Wildman–Crippen LogP) is 1.62. The predicted molar refractivity (Wildman–Crippen MR) is 81.5 cm³/mol. The monoisotopic (exact) mass is 292 g/mol. The number of rotatable bonds is 7. The maximum absolute atomic E-state index is 12.1. The Morgan fingerprint density at radius 1 is 1.52 bits per heavy atom. The molecule has 0 radical (unpaired) electrons. The molecule has 1 aliphatic rings. The van der Waals surface area contributed by atoms with Gasteiger partial charge in [-0.3, -0.25) is 4.79 Å². The smallest absolute Gasteiger partial charge is 0.270 e. The number of carbonyl (C=O) groups excluding carboxylic acids is 1. The highest BCUT2D eigenvalue weighted by Crippen LogP contribution is 2.12. The fourth-order valence-corrected chi connectivity index (χ4v) is 2.29. The molecule has 1 N–H and O–H groups in total. The highest BCUT2D eigenvalue weighted by molar-refractivity contribution is 5.92. The van der Waals surface area contributed by atoms with Gasteiger partial charge in [0.05, 0.1) is 6.10 Å². The molecular weight excluding hydrogens is 268 g/mol. The number of nitrogens with zero attached hydrogens (tertiary/aromatic N) is 3. The molecule has 6 nitrogen and oxygen atoms in total. The molecule has 1 fully saturated rings. The van der Waals surface area contributed by atoms with Gasteiger partial charge in [0.15, 0.2) is 0 Å². The van der Waals surface area contributed by atoms with E-state index in [1.165, 1.54) is 6.33 Å². The van der Waals surface area contributed by atoms with Gasteiger partial charge in [0.2, 0.25) is 0 Å². The van der Waals surface area contributed by atoms with E-state index in [9.17, 15) is 4.79 Å². The standard InChI is InChI=1S/C15H24N4O2/c1-3-4-7-19(2)14-9-13(17-11-18-14)15(20)16-10-12-6-5-8-21-12/h9,11-12H,3-8,10H2,1-2H3,(H,16,20). The molecule has 21 heavy (non-hydrogen) atoms. The van der Waals surface area contributed by atoms with Crippen molar-refractivity contribution in [1.82, 2.24) is 15.3 Å². The van der Waals surface area contributed by atoms with Gasteiger partial charge in [-0.1, -0.05) is 13.3 Å². The molecule has 0 saturated carbocycles. The van der Waals surface area contributed by atoms with Crippen molar-refractivity contribution in [3.8, 4) is 0 Å². The van der Waals surface area contributed by atoms with Crippen molar-refractivity contribution in [2.75, 3.05) is 31.6 Å². The summed E-state index contributed by atoms with van der Waals surface area (Å²) in [4.78, 5) is 22.4. The highest BCUT2D eigenvalue weighted by Gasteiger charge is 2.17. The summed E-state index contributed by atoms with van der Waals surface area (Å²) in [5.41, 5.74) is 0.404. The van der Waals surface area contributed by atoms with E-state index in [0.717, 1.165) is 44.7 Å². The highest BCUT2D eigenvalue weighted by atomic mass is 16.5. The molecule has 0 aliphatic carbocycles. The largest absolute Gasteiger partial charge is 0.376 e. The lowest BCUT2D eigenvalue weighted by atomic mass is 10.2. The van der Waals surface area contributed by atoms with Crippen LogP contribution in [0.1, 0.15) is 43.1 Å². The second-order valence-electron chi connectivity index (χ2n) is 5.38. The Hall–Kier alpha value is -1.69. The molecule has 1 amide bonds. The number of carbonyl (C=O) groups is 1. The third-order valence-electron chi connectivity index (χ3n) is 3.64. The van der Waals surface area contributed by atoms with Gasteiger partial charge >= 0.3 is 0 Å². The molecule has 1 unspecified atom stereocenters. The van der Waals surface area contributed by atoms with Crippen LogP contribution in [0.2, 0.25) is 0 Å². The van der Waals surface area contributed by atoms with Crippen molar-refractivity contribution in [1.29, 1.82) is 0 Å². The molecule has 1 atom stereocenters. The summed E-state index contributed by atoms with van der Waals surface area (Å²) in [7, 11) is 1.98. The Labute approximate surface area is 125 Å². The van der Waals surface area contributed by atoms with Gasteiger partial charge in [-0.2, -0.15) is 0 Å². The van der Waals surface area contributed by atoms with Crippen LogP contribution in [-0.4, -0.2) is 48.7 Å². The Morgan fingerprint density at radius 3 is 3.10 bits per heavy atom. The Bertz CT molecular complexity index is 461. The first-order valence-corrected chi connectivity index (χ1v) is 7.63. The quantitative estimate of drug-likeness (QED) is 0.827. The van der Waals surface area contributed by atoms with Crippen LogP contribution in [0, 0.1) is 0 Å². The van der Waals surface area contributed by atoms with Crippen LogP contribution in [0.4, 0.5) is 5.82 Å². The van der Waals surface area contributed by atoms with E-state index in [1.54, 1.807) is 6.07 Å². The number of amides is 1. The molecule has 0 aromatic carbocycles. The average molecular weight is 292 g/mol. The lowest BCUT2D eigenvalue weighted by Crippen LogP contribution is -2.32. The minimum atomic E-state index is -0.168. The van der Waals surface area contributed by atoms with Crippen molar-refractivity contribution in [3.63, 3.8) is 0 Å². The van der Waals surface area contributed by atoms with Gasteiger partial charge in [-0.05, 0) is 19.3 Å². The molecule has 2 rings (SSSR count). The fourth-order valence-electron chi connectivity index (χ4n) is 2.29. The topological polar surface area (TPSA) is 67.4 Å². The van der Waals surface area contributed by atoms with E-state index in [-0.39, 0.29) is 12.0 Å². The number of ether oxygens (including phenoxy) is 1. The summed E-state index contributed by atoms with van der Waals surface area (Å²) >= 11 is 0. The van der Waals surface area contributed by atoms with Crippen LogP contribution in [0.3, 0.4) is 0 Å². The van der Waals surface area contributed by atoms with E-state index in [0.29, 0.717) is 12.2 Å². The van der Waals surface area contributed by atoms with E-state index in [4.69, 9.17) is 4.74 Å². The van der Waals surface area contributed by atoms with E-state index < -0.39 is 0 Å². The normalized spacial score (nSPS) is 17.7. The van der Waals surface area contributed by atoms with Crippen LogP contribution < -0.4 is 10.2 Å². The fraction of sp³-hybridized carbons (Fsp3) is 0.667. The summed E-state index contributed by atoms with van der Waals surface area (Å²) < 4.78 is 5.49. The number of nitrogens with one attached hydrogen (secondary N) is 1. The van der Waals surface area contributed by atoms with Crippen molar-refractivity contribution in [2.45, 2.75) is 38.7 Å². The van der Waals surface area contributed by atoms with Crippen LogP contribution in [0.5, 0.6) is 0 Å².